The van der Waals surface area contributed by atoms with Crippen molar-refractivity contribution in [2.45, 2.75) is 6.18 Å². The molecular weight excluding hydrogens is 235 g/mol. The molecule has 0 bridgehead atoms. The number of hydrogen-bond acceptors (Lipinski definition) is 2. The van der Waals surface area contributed by atoms with Crippen molar-refractivity contribution in [1.29, 1.82) is 0 Å². The lowest BCUT2D eigenvalue weighted by Crippen LogP contribution is -2.22. The highest BCUT2D eigenvalue weighted by Gasteiger charge is 2.31. The van der Waals surface area contributed by atoms with Crippen molar-refractivity contribution in [3.8, 4) is 0 Å². The highest BCUT2D eigenvalue weighted by Crippen LogP contribution is 2.28. The van der Waals surface area contributed by atoms with Crippen LogP contribution in [-0.2, 0) is 10.9 Å². The van der Waals surface area contributed by atoms with E-state index in [9.17, 15) is 18.0 Å². The summed E-state index contributed by atoms with van der Waals surface area (Å²) in [5, 5.41) is 0. The number of allylic oxidation sites excluding steroid dienone is 2. The van der Waals surface area contributed by atoms with Crippen LogP contribution >= 0.6 is 0 Å². The summed E-state index contributed by atoms with van der Waals surface area (Å²) >= 11 is 0. The van der Waals surface area contributed by atoms with Gasteiger partial charge >= 0.3 is 6.18 Å². The molecule has 1 aliphatic heterocycles. The smallest absolute Gasteiger partial charge is 0.417 e. The predicted octanol–water partition coefficient (Wildman–Crippen LogP) is 2.25. The quantitative estimate of drug-likeness (QED) is 0.757. The highest BCUT2D eigenvalue weighted by molar-refractivity contribution is 5.43. The van der Waals surface area contributed by atoms with Crippen molar-refractivity contribution >= 4 is 5.88 Å². The summed E-state index contributed by atoms with van der Waals surface area (Å²) in [4.78, 5) is 11.4. The lowest BCUT2D eigenvalue weighted by atomic mass is 10.2. The Kier molecular flexibility index (Phi) is 2.79. The SMILES string of the molecule is O=c1ccc(C(F)(F)F)cn1C1=CC=CCO1. The van der Waals surface area contributed by atoms with Crippen molar-refractivity contribution in [2.75, 3.05) is 6.61 Å². The Labute approximate surface area is 94.4 Å². The van der Waals surface area contributed by atoms with E-state index in [0.717, 1.165) is 22.9 Å². The Hall–Kier alpha value is -1.98. The molecule has 0 aliphatic carbocycles. The third kappa shape index (κ3) is 2.41. The highest BCUT2D eigenvalue weighted by atomic mass is 19.4. The molecule has 0 saturated carbocycles. The van der Waals surface area contributed by atoms with E-state index in [0.29, 0.717) is 0 Å². The van der Waals surface area contributed by atoms with Gasteiger partial charge in [-0.1, -0.05) is 6.08 Å². The van der Waals surface area contributed by atoms with Gasteiger partial charge in [0.15, 0.2) is 0 Å². The average molecular weight is 243 g/mol. The summed E-state index contributed by atoms with van der Waals surface area (Å²) in [5.41, 5.74) is -1.46. The number of ether oxygens (including phenoxy) is 1. The largest absolute Gasteiger partial charge is 0.474 e. The van der Waals surface area contributed by atoms with Gasteiger partial charge in [-0.2, -0.15) is 13.2 Å². The second-order valence-electron chi connectivity index (χ2n) is 3.37. The van der Waals surface area contributed by atoms with Crippen LogP contribution in [-0.4, -0.2) is 11.2 Å². The molecule has 2 rings (SSSR count). The topological polar surface area (TPSA) is 31.2 Å². The molecule has 0 saturated heterocycles. The van der Waals surface area contributed by atoms with Gasteiger partial charge in [0.2, 0.25) is 5.88 Å². The molecule has 1 aromatic heterocycles. The minimum atomic E-state index is -4.49. The van der Waals surface area contributed by atoms with Gasteiger partial charge in [-0.05, 0) is 18.2 Å². The summed E-state index contributed by atoms with van der Waals surface area (Å²) in [7, 11) is 0. The summed E-state index contributed by atoms with van der Waals surface area (Å²) in [6.45, 7) is 0.231. The van der Waals surface area contributed by atoms with Crippen LogP contribution in [0.25, 0.3) is 5.88 Å². The molecule has 0 unspecified atom stereocenters. The summed E-state index contributed by atoms with van der Waals surface area (Å²) in [5.74, 6) is 0.0867. The molecule has 2 heterocycles. The molecule has 0 N–H and O–H groups in total. The van der Waals surface area contributed by atoms with Gasteiger partial charge < -0.3 is 4.74 Å². The van der Waals surface area contributed by atoms with Crippen molar-refractivity contribution < 1.29 is 17.9 Å². The summed E-state index contributed by atoms with van der Waals surface area (Å²) in [6, 6.07) is 1.61. The third-order valence-electron chi connectivity index (χ3n) is 2.18. The Morgan fingerprint density at radius 2 is 2.06 bits per heavy atom. The number of alkyl halides is 3. The number of hydrogen-bond donors (Lipinski definition) is 0. The third-order valence-corrected chi connectivity index (χ3v) is 2.18. The van der Waals surface area contributed by atoms with Crippen LogP contribution in [0.1, 0.15) is 5.56 Å². The Bertz CT molecular complexity index is 540. The first kappa shape index (κ1) is 11.5. The van der Waals surface area contributed by atoms with Gasteiger partial charge in [-0.25, -0.2) is 0 Å². The molecule has 90 valence electrons. The molecule has 6 heteroatoms. The summed E-state index contributed by atoms with van der Waals surface area (Å²) < 4.78 is 43.4. The monoisotopic (exact) mass is 243 g/mol. The van der Waals surface area contributed by atoms with E-state index < -0.39 is 17.3 Å². The molecule has 0 spiro atoms. The van der Waals surface area contributed by atoms with Crippen LogP contribution in [0.3, 0.4) is 0 Å². The first-order valence-corrected chi connectivity index (χ1v) is 4.78. The van der Waals surface area contributed by atoms with E-state index in [1.165, 1.54) is 6.08 Å². The Balaban J connectivity index is 2.50. The van der Waals surface area contributed by atoms with Crippen LogP contribution in [0, 0.1) is 0 Å². The molecule has 0 amide bonds. The van der Waals surface area contributed by atoms with Crippen molar-refractivity contribution in [1.82, 2.24) is 4.57 Å². The maximum Gasteiger partial charge on any atom is 0.417 e. The number of pyridine rings is 1. The van der Waals surface area contributed by atoms with E-state index in [4.69, 9.17) is 4.74 Å². The fourth-order valence-corrected chi connectivity index (χ4v) is 1.36. The molecule has 0 aromatic carbocycles. The lowest BCUT2D eigenvalue weighted by molar-refractivity contribution is -0.138. The van der Waals surface area contributed by atoms with Crippen LogP contribution in [0.5, 0.6) is 0 Å². The maximum atomic E-state index is 12.5. The van der Waals surface area contributed by atoms with Gasteiger partial charge in [0.1, 0.15) is 6.61 Å². The lowest BCUT2D eigenvalue weighted by Gasteiger charge is -2.15. The first-order chi connectivity index (χ1) is 7.98. The van der Waals surface area contributed by atoms with Crippen LogP contribution in [0.15, 0.2) is 41.4 Å². The minimum Gasteiger partial charge on any atom is -0.474 e. The van der Waals surface area contributed by atoms with Gasteiger partial charge in [0.25, 0.3) is 5.56 Å². The zero-order chi connectivity index (χ0) is 12.5. The van der Waals surface area contributed by atoms with E-state index in [2.05, 4.69) is 0 Å². The van der Waals surface area contributed by atoms with E-state index >= 15 is 0 Å². The molecule has 0 fully saturated rings. The number of halogens is 3. The van der Waals surface area contributed by atoms with Crippen LogP contribution < -0.4 is 5.56 Å². The second-order valence-corrected chi connectivity index (χ2v) is 3.37. The minimum absolute atomic E-state index is 0.0867. The fourth-order valence-electron chi connectivity index (χ4n) is 1.36. The average Bonchev–Trinajstić information content (AvgIpc) is 2.29. The van der Waals surface area contributed by atoms with Gasteiger partial charge in [0, 0.05) is 12.3 Å². The molecule has 3 nitrogen and oxygen atoms in total. The predicted molar refractivity (Wildman–Crippen MR) is 55.1 cm³/mol. The van der Waals surface area contributed by atoms with Gasteiger partial charge in [-0.15, -0.1) is 0 Å². The molecule has 1 aromatic rings. The zero-order valence-corrected chi connectivity index (χ0v) is 8.57. The van der Waals surface area contributed by atoms with Crippen molar-refractivity contribution in [3.63, 3.8) is 0 Å². The molecular formula is C11H8F3NO2. The molecule has 1 aliphatic rings. The maximum absolute atomic E-state index is 12.5. The van der Waals surface area contributed by atoms with Crippen molar-refractivity contribution in [2.24, 2.45) is 0 Å². The molecule has 0 radical (unpaired) electrons. The first-order valence-electron chi connectivity index (χ1n) is 4.78. The Morgan fingerprint density at radius 1 is 1.29 bits per heavy atom. The fraction of sp³-hybridized carbons (Fsp3) is 0.182. The van der Waals surface area contributed by atoms with Gasteiger partial charge in [0.05, 0.1) is 5.56 Å². The number of nitrogens with zero attached hydrogens (tertiary/aromatic N) is 1. The van der Waals surface area contributed by atoms with E-state index in [1.54, 1.807) is 12.2 Å². The number of rotatable bonds is 1. The van der Waals surface area contributed by atoms with Crippen LogP contribution in [0.4, 0.5) is 13.2 Å². The van der Waals surface area contributed by atoms with Crippen LogP contribution in [0.2, 0.25) is 0 Å². The zero-order valence-electron chi connectivity index (χ0n) is 8.57. The normalized spacial score (nSPS) is 15.4. The van der Waals surface area contributed by atoms with E-state index in [-0.39, 0.29) is 12.5 Å². The van der Waals surface area contributed by atoms with E-state index in [1.807, 2.05) is 0 Å². The Morgan fingerprint density at radius 3 is 2.65 bits per heavy atom. The standard InChI is InChI=1S/C11H8F3NO2/c12-11(13,14)8-4-5-9(16)15(7-8)10-3-1-2-6-17-10/h1-5,7H,6H2. The summed E-state index contributed by atoms with van der Waals surface area (Å²) in [6.07, 6.45) is 0.979. The van der Waals surface area contributed by atoms with Gasteiger partial charge in [-0.3, -0.25) is 9.36 Å². The molecule has 17 heavy (non-hydrogen) atoms. The second kappa shape index (κ2) is 4.12. The number of aromatic nitrogens is 1. The molecule has 0 atom stereocenters. The van der Waals surface area contributed by atoms with Crippen molar-refractivity contribution in [3.05, 3.63) is 52.5 Å².